The van der Waals surface area contributed by atoms with Crippen molar-refractivity contribution in [2.75, 3.05) is 18.1 Å². The molecular formula is C21H26Cl2N4O3S. The molecule has 0 spiro atoms. The van der Waals surface area contributed by atoms with Gasteiger partial charge in [0.1, 0.15) is 11.6 Å². The van der Waals surface area contributed by atoms with Crippen molar-refractivity contribution in [1.82, 2.24) is 14.9 Å². The van der Waals surface area contributed by atoms with Crippen molar-refractivity contribution in [3.05, 3.63) is 63.0 Å². The molecule has 0 aliphatic heterocycles. The minimum Gasteiger partial charge on any atom is -0.396 e. The first-order chi connectivity index (χ1) is 14.3. The molecule has 7 nitrogen and oxygen atoms in total. The minimum atomic E-state index is -0.0622. The maximum atomic E-state index is 12.3. The Hall–Kier alpha value is -2.13. The highest BCUT2D eigenvalue weighted by molar-refractivity contribution is 8.03. The van der Waals surface area contributed by atoms with E-state index < -0.39 is 0 Å². The van der Waals surface area contributed by atoms with E-state index in [9.17, 15) is 14.7 Å². The lowest BCUT2D eigenvalue weighted by Crippen LogP contribution is -2.22. The molecule has 10 heteroatoms. The second-order valence-electron chi connectivity index (χ2n) is 6.57. The van der Waals surface area contributed by atoms with Crippen molar-refractivity contribution in [2.45, 2.75) is 33.2 Å². The number of ketones is 1. The maximum absolute atomic E-state index is 12.3. The van der Waals surface area contributed by atoms with Gasteiger partial charge in [-0.25, -0.2) is 9.97 Å². The molecule has 0 radical (unpaired) electrons. The molecule has 1 aromatic carbocycles. The quantitative estimate of drug-likeness (QED) is 0.366. The zero-order chi connectivity index (χ0) is 22.1. The number of rotatable bonds is 11. The largest absolute Gasteiger partial charge is 0.396 e. The molecular weight excluding hydrogens is 459 g/mol. The Labute approximate surface area is 197 Å². The third-order valence-corrected chi connectivity index (χ3v) is 5.94. The van der Waals surface area contributed by atoms with E-state index in [0.29, 0.717) is 58.5 Å². The van der Waals surface area contributed by atoms with Gasteiger partial charge in [-0.15, -0.1) is 24.2 Å². The lowest BCUT2D eigenvalue weighted by Gasteiger charge is -2.22. The number of nitrogen functional groups attached to an aromatic ring is 1. The van der Waals surface area contributed by atoms with Crippen molar-refractivity contribution in [1.29, 1.82) is 0 Å². The molecule has 1 amide bonds. The Morgan fingerprint density at radius 2 is 1.97 bits per heavy atom. The molecule has 3 N–H and O–H groups in total. The molecule has 0 bridgehead atoms. The number of aromatic nitrogens is 2. The summed E-state index contributed by atoms with van der Waals surface area (Å²) in [6.45, 7) is 3.71. The lowest BCUT2D eigenvalue weighted by atomic mass is 10.1. The van der Waals surface area contributed by atoms with E-state index in [2.05, 4.69) is 9.97 Å². The van der Waals surface area contributed by atoms with Crippen molar-refractivity contribution < 1.29 is 14.7 Å². The number of halogens is 2. The summed E-state index contributed by atoms with van der Waals surface area (Å²) in [6.07, 6.45) is 3.03. The van der Waals surface area contributed by atoms with Crippen molar-refractivity contribution in [2.24, 2.45) is 0 Å². The number of allylic oxidation sites excluding steroid dienone is 1. The number of hydrogen-bond acceptors (Lipinski definition) is 7. The van der Waals surface area contributed by atoms with Crippen LogP contribution in [0.15, 0.2) is 41.1 Å². The molecule has 1 heterocycles. The van der Waals surface area contributed by atoms with E-state index in [-0.39, 0.29) is 31.3 Å². The highest BCUT2D eigenvalue weighted by Gasteiger charge is 2.15. The zero-order valence-corrected chi connectivity index (χ0v) is 19.8. The Kier molecular flexibility index (Phi) is 11.6. The van der Waals surface area contributed by atoms with Gasteiger partial charge in [-0.3, -0.25) is 9.59 Å². The number of thioether (sulfide) groups is 1. The van der Waals surface area contributed by atoms with Crippen LogP contribution in [0.5, 0.6) is 0 Å². The summed E-state index contributed by atoms with van der Waals surface area (Å²) in [5.74, 6) is 1.42. The van der Waals surface area contributed by atoms with Crippen LogP contribution in [0.1, 0.15) is 41.5 Å². The van der Waals surface area contributed by atoms with Gasteiger partial charge in [0.15, 0.2) is 5.78 Å². The maximum Gasteiger partial charge on any atom is 0.214 e. The van der Waals surface area contributed by atoms with Gasteiger partial charge >= 0.3 is 0 Å². The van der Waals surface area contributed by atoms with Crippen LogP contribution in [-0.2, 0) is 11.3 Å². The van der Waals surface area contributed by atoms with Crippen LogP contribution in [0.3, 0.4) is 0 Å². The fourth-order valence-electron chi connectivity index (χ4n) is 2.72. The second kappa shape index (κ2) is 13.3. The Balaban J connectivity index is 0.00000480. The number of aliphatic hydroxyl groups excluding tert-OH is 1. The van der Waals surface area contributed by atoms with E-state index in [0.717, 1.165) is 4.91 Å². The smallest absolute Gasteiger partial charge is 0.214 e. The fourth-order valence-corrected chi connectivity index (χ4v) is 3.94. The third-order valence-electron chi connectivity index (χ3n) is 4.43. The summed E-state index contributed by atoms with van der Waals surface area (Å²) in [4.78, 5) is 34.6. The number of hydrogen-bond donors (Lipinski definition) is 2. The monoisotopic (exact) mass is 484 g/mol. The van der Waals surface area contributed by atoms with Crippen molar-refractivity contribution >= 4 is 53.8 Å². The Morgan fingerprint density at radius 1 is 1.29 bits per heavy atom. The van der Waals surface area contributed by atoms with Crippen molar-refractivity contribution in [3.8, 4) is 0 Å². The molecule has 0 saturated heterocycles. The molecule has 0 atom stereocenters. The summed E-state index contributed by atoms with van der Waals surface area (Å²) >= 11 is 7.31. The number of benzene rings is 1. The predicted octanol–water partition coefficient (Wildman–Crippen LogP) is 4.02. The summed E-state index contributed by atoms with van der Waals surface area (Å²) in [6, 6.07) is 6.78. The predicted molar refractivity (Wildman–Crippen MR) is 127 cm³/mol. The van der Waals surface area contributed by atoms with Crippen molar-refractivity contribution in [3.63, 3.8) is 0 Å². The Morgan fingerprint density at radius 3 is 2.55 bits per heavy atom. The number of aryl methyl sites for hydroxylation is 1. The standard InChI is InChI=1S/C21H25ClN4O3S.ClH/c1-14(26(13-28)12-17-11-24-15(2)25-21(17)23)20(7-9-27)30-10-8-19(29)16-3-5-18(22)6-4-16;/h3-6,11,13,27H,7-10,12H2,1-2H3,(H2,23,24,25);1H. The van der Waals surface area contributed by atoms with E-state index in [1.54, 1.807) is 44.3 Å². The molecule has 0 fully saturated rings. The average molecular weight is 485 g/mol. The van der Waals surface area contributed by atoms with E-state index >= 15 is 0 Å². The van der Waals surface area contributed by atoms with Crippen LogP contribution in [0.2, 0.25) is 5.02 Å². The first-order valence-electron chi connectivity index (χ1n) is 9.37. The fraction of sp³-hybridized carbons (Fsp3) is 0.333. The van der Waals surface area contributed by atoms with Gasteiger partial charge in [-0.05, 0) is 38.1 Å². The third kappa shape index (κ3) is 8.14. The molecule has 1 aromatic heterocycles. The number of carbonyl (C=O) groups is 2. The van der Waals surface area contributed by atoms with Gasteiger partial charge in [-0.1, -0.05) is 11.6 Å². The van der Waals surface area contributed by atoms with Gasteiger partial charge in [-0.2, -0.15) is 0 Å². The Bertz CT molecular complexity index is 923. The topological polar surface area (TPSA) is 109 Å². The lowest BCUT2D eigenvalue weighted by molar-refractivity contribution is -0.116. The molecule has 0 unspecified atom stereocenters. The number of nitrogens with two attached hydrogens (primary N) is 1. The van der Waals surface area contributed by atoms with Gasteiger partial charge < -0.3 is 15.7 Å². The molecule has 2 rings (SSSR count). The summed E-state index contributed by atoms with van der Waals surface area (Å²) in [5, 5.41) is 10.0. The van der Waals surface area contributed by atoms with Gasteiger partial charge in [0.2, 0.25) is 6.41 Å². The first kappa shape index (κ1) is 26.9. The van der Waals surface area contributed by atoms with E-state index in [4.69, 9.17) is 17.3 Å². The van der Waals surface area contributed by atoms with Crippen LogP contribution < -0.4 is 5.73 Å². The molecule has 2 aromatic rings. The summed E-state index contributed by atoms with van der Waals surface area (Å²) in [5.41, 5.74) is 7.88. The van der Waals surface area contributed by atoms with Crippen LogP contribution >= 0.6 is 35.8 Å². The van der Waals surface area contributed by atoms with Crippen LogP contribution in [0, 0.1) is 6.92 Å². The van der Waals surface area contributed by atoms with Gasteiger partial charge in [0.05, 0.1) is 6.54 Å². The number of amides is 1. The SMILES string of the molecule is CC(=C(CCO)SCCC(=O)c1ccc(Cl)cc1)N(C=O)Cc1cnc(C)nc1N.Cl. The van der Waals surface area contributed by atoms with Gasteiger partial charge in [0, 0.05) is 58.1 Å². The molecule has 0 aliphatic rings. The summed E-state index contributed by atoms with van der Waals surface area (Å²) < 4.78 is 0. The molecule has 168 valence electrons. The van der Waals surface area contributed by atoms with Crippen LogP contribution in [0.4, 0.5) is 5.82 Å². The molecule has 31 heavy (non-hydrogen) atoms. The average Bonchev–Trinajstić information content (AvgIpc) is 2.72. The normalized spacial score (nSPS) is 11.4. The highest BCUT2D eigenvalue weighted by atomic mass is 35.5. The zero-order valence-electron chi connectivity index (χ0n) is 17.4. The van der Waals surface area contributed by atoms with Gasteiger partial charge in [0.25, 0.3) is 0 Å². The molecule has 0 saturated carbocycles. The summed E-state index contributed by atoms with van der Waals surface area (Å²) in [7, 11) is 0. The van der Waals surface area contributed by atoms with Crippen LogP contribution in [-0.4, -0.2) is 44.5 Å². The van der Waals surface area contributed by atoms with E-state index in [1.165, 1.54) is 16.7 Å². The number of nitrogens with zero attached hydrogens (tertiary/aromatic N) is 3. The van der Waals surface area contributed by atoms with E-state index in [1.807, 2.05) is 0 Å². The molecule has 0 aliphatic carbocycles. The highest BCUT2D eigenvalue weighted by Crippen LogP contribution is 2.27. The minimum absolute atomic E-state index is 0. The number of carbonyl (C=O) groups excluding carboxylic acids is 2. The first-order valence-corrected chi connectivity index (χ1v) is 10.7. The number of Topliss-reactive ketones (excluding diaryl/α,β-unsaturated/α-hetero) is 1. The van der Waals surface area contributed by atoms with Crippen LogP contribution in [0.25, 0.3) is 0 Å². The second-order valence-corrected chi connectivity index (χ2v) is 8.20. The number of aliphatic hydroxyl groups is 1. The number of anilines is 1.